The Kier molecular flexibility index (Phi) is 6.36. The number of nitrogens with zero attached hydrogens (tertiary/aromatic N) is 3. The lowest BCUT2D eigenvalue weighted by atomic mass is 10.0. The molecule has 3 aromatic carbocycles. The standard InChI is InChI=1S/C25H22N4O3/c1-18(19-7-11-22(12-8-19)29-17-26-16-27-29)28-24(30)15-32-23-13-9-21(10-14-23)25(31)20-5-3-2-4-6-20/h2-14,16-18H,15H2,1H3,(H,28,30). The van der Waals surface area contributed by atoms with E-state index in [0.717, 1.165) is 11.3 Å². The Morgan fingerprint density at radius 2 is 1.62 bits per heavy atom. The zero-order valence-electron chi connectivity index (χ0n) is 17.5. The van der Waals surface area contributed by atoms with E-state index in [4.69, 9.17) is 4.74 Å². The van der Waals surface area contributed by atoms with Crippen molar-refractivity contribution in [1.29, 1.82) is 0 Å². The number of rotatable bonds is 8. The molecule has 1 heterocycles. The van der Waals surface area contributed by atoms with Crippen LogP contribution < -0.4 is 10.1 Å². The van der Waals surface area contributed by atoms with Gasteiger partial charge in [0.15, 0.2) is 12.4 Å². The van der Waals surface area contributed by atoms with Crippen molar-refractivity contribution in [2.45, 2.75) is 13.0 Å². The lowest BCUT2D eigenvalue weighted by molar-refractivity contribution is -0.123. The molecule has 0 saturated heterocycles. The van der Waals surface area contributed by atoms with Gasteiger partial charge in [0.1, 0.15) is 18.4 Å². The Bertz CT molecular complexity index is 1170. The molecular formula is C25H22N4O3. The summed E-state index contributed by atoms with van der Waals surface area (Å²) in [6.45, 7) is 1.79. The zero-order valence-corrected chi connectivity index (χ0v) is 17.5. The van der Waals surface area contributed by atoms with Gasteiger partial charge in [0.05, 0.1) is 11.7 Å². The van der Waals surface area contributed by atoms with Gasteiger partial charge in [0.2, 0.25) is 0 Å². The molecule has 1 N–H and O–H groups in total. The van der Waals surface area contributed by atoms with Gasteiger partial charge in [-0.3, -0.25) is 9.59 Å². The van der Waals surface area contributed by atoms with Gasteiger partial charge >= 0.3 is 0 Å². The van der Waals surface area contributed by atoms with Crippen LogP contribution in [0.2, 0.25) is 0 Å². The van der Waals surface area contributed by atoms with Gasteiger partial charge in [-0.2, -0.15) is 5.10 Å². The Morgan fingerprint density at radius 1 is 0.938 bits per heavy atom. The summed E-state index contributed by atoms with van der Waals surface area (Å²) in [6, 6.07) is 23.4. The molecule has 1 amide bonds. The Morgan fingerprint density at radius 3 is 2.28 bits per heavy atom. The van der Waals surface area contributed by atoms with Crippen molar-refractivity contribution in [1.82, 2.24) is 20.1 Å². The highest BCUT2D eigenvalue weighted by atomic mass is 16.5. The summed E-state index contributed by atoms with van der Waals surface area (Å²) < 4.78 is 7.24. The Hall–Kier alpha value is -4.26. The molecule has 4 aromatic rings. The van der Waals surface area contributed by atoms with Crippen LogP contribution in [-0.4, -0.2) is 33.1 Å². The maximum absolute atomic E-state index is 12.5. The predicted octanol–water partition coefficient (Wildman–Crippen LogP) is 3.75. The van der Waals surface area contributed by atoms with Crippen LogP contribution in [0.4, 0.5) is 0 Å². The second-order valence-corrected chi connectivity index (χ2v) is 7.23. The molecule has 7 nitrogen and oxygen atoms in total. The molecule has 1 aromatic heterocycles. The number of hydrogen-bond acceptors (Lipinski definition) is 5. The van der Waals surface area contributed by atoms with Crippen molar-refractivity contribution in [3.05, 3.63) is 108 Å². The number of benzene rings is 3. The average Bonchev–Trinajstić information content (AvgIpc) is 3.38. The highest BCUT2D eigenvalue weighted by Gasteiger charge is 2.12. The number of ketones is 1. The van der Waals surface area contributed by atoms with Gasteiger partial charge < -0.3 is 10.1 Å². The van der Waals surface area contributed by atoms with E-state index in [1.165, 1.54) is 6.33 Å². The number of ether oxygens (including phenoxy) is 1. The molecule has 0 aliphatic rings. The number of carbonyl (C=O) groups excluding carboxylic acids is 2. The van der Waals surface area contributed by atoms with E-state index in [1.807, 2.05) is 49.4 Å². The summed E-state index contributed by atoms with van der Waals surface area (Å²) in [5.41, 5.74) is 3.05. The Balaban J connectivity index is 1.28. The van der Waals surface area contributed by atoms with E-state index >= 15 is 0 Å². The minimum atomic E-state index is -0.234. The molecular weight excluding hydrogens is 404 g/mol. The molecule has 7 heteroatoms. The fraction of sp³-hybridized carbons (Fsp3) is 0.120. The molecule has 0 fully saturated rings. The lowest BCUT2D eigenvalue weighted by Gasteiger charge is -2.15. The fourth-order valence-electron chi connectivity index (χ4n) is 3.23. The zero-order chi connectivity index (χ0) is 22.3. The van der Waals surface area contributed by atoms with Gasteiger partial charge in [0.25, 0.3) is 5.91 Å². The van der Waals surface area contributed by atoms with Crippen molar-refractivity contribution in [2.75, 3.05) is 6.61 Å². The third kappa shape index (κ3) is 5.07. The van der Waals surface area contributed by atoms with E-state index in [-0.39, 0.29) is 24.3 Å². The van der Waals surface area contributed by atoms with Crippen LogP contribution in [0.25, 0.3) is 5.69 Å². The first kappa shape index (κ1) is 21.0. The van der Waals surface area contributed by atoms with Crippen molar-refractivity contribution in [3.63, 3.8) is 0 Å². The third-order valence-electron chi connectivity index (χ3n) is 4.98. The normalized spacial score (nSPS) is 11.5. The van der Waals surface area contributed by atoms with E-state index in [2.05, 4.69) is 15.4 Å². The highest BCUT2D eigenvalue weighted by molar-refractivity contribution is 6.08. The second kappa shape index (κ2) is 9.70. The van der Waals surface area contributed by atoms with Crippen LogP contribution in [0.1, 0.15) is 34.5 Å². The highest BCUT2D eigenvalue weighted by Crippen LogP contribution is 2.17. The smallest absolute Gasteiger partial charge is 0.258 e. The maximum atomic E-state index is 12.5. The molecule has 0 aliphatic carbocycles. The minimum absolute atomic E-state index is 0.0569. The summed E-state index contributed by atoms with van der Waals surface area (Å²) in [4.78, 5) is 28.7. The number of amides is 1. The minimum Gasteiger partial charge on any atom is -0.484 e. The molecule has 1 unspecified atom stereocenters. The van der Waals surface area contributed by atoms with Crippen molar-refractivity contribution >= 4 is 11.7 Å². The topological polar surface area (TPSA) is 86.1 Å². The molecule has 4 rings (SSSR count). The van der Waals surface area contributed by atoms with Gasteiger partial charge in [-0.1, -0.05) is 42.5 Å². The molecule has 0 spiro atoms. The summed E-state index contributed by atoms with van der Waals surface area (Å²) in [5, 5.41) is 7.01. The third-order valence-corrected chi connectivity index (χ3v) is 4.98. The molecule has 0 bridgehead atoms. The van der Waals surface area contributed by atoms with Crippen LogP contribution in [0.3, 0.4) is 0 Å². The predicted molar refractivity (Wildman–Crippen MR) is 120 cm³/mol. The average molecular weight is 426 g/mol. The summed E-state index contributed by atoms with van der Waals surface area (Å²) in [6.07, 6.45) is 3.10. The number of hydrogen-bond donors (Lipinski definition) is 1. The van der Waals surface area contributed by atoms with E-state index in [9.17, 15) is 9.59 Å². The van der Waals surface area contributed by atoms with E-state index in [1.54, 1.807) is 47.4 Å². The molecule has 0 radical (unpaired) electrons. The Labute approximate surface area is 185 Å². The molecule has 0 saturated carbocycles. The monoisotopic (exact) mass is 426 g/mol. The number of carbonyl (C=O) groups is 2. The summed E-state index contributed by atoms with van der Waals surface area (Å²) in [5.74, 6) is 0.232. The van der Waals surface area contributed by atoms with Gasteiger partial charge in [-0.15, -0.1) is 0 Å². The SMILES string of the molecule is CC(NC(=O)COc1ccc(C(=O)c2ccccc2)cc1)c1ccc(-n2cncn2)cc1. The number of aromatic nitrogens is 3. The van der Waals surface area contributed by atoms with Gasteiger partial charge in [-0.05, 0) is 48.9 Å². The first-order valence-electron chi connectivity index (χ1n) is 10.2. The summed E-state index contributed by atoms with van der Waals surface area (Å²) in [7, 11) is 0. The number of nitrogens with one attached hydrogen (secondary N) is 1. The van der Waals surface area contributed by atoms with Gasteiger partial charge in [-0.25, -0.2) is 9.67 Å². The quantitative estimate of drug-likeness (QED) is 0.434. The van der Waals surface area contributed by atoms with Crippen molar-refractivity contribution in [3.8, 4) is 11.4 Å². The van der Waals surface area contributed by atoms with Crippen LogP contribution in [0.5, 0.6) is 5.75 Å². The first-order valence-corrected chi connectivity index (χ1v) is 10.2. The summed E-state index contributed by atoms with van der Waals surface area (Å²) >= 11 is 0. The van der Waals surface area contributed by atoms with Crippen LogP contribution in [0, 0.1) is 0 Å². The molecule has 32 heavy (non-hydrogen) atoms. The van der Waals surface area contributed by atoms with Gasteiger partial charge in [0, 0.05) is 11.1 Å². The largest absolute Gasteiger partial charge is 0.484 e. The fourth-order valence-corrected chi connectivity index (χ4v) is 3.23. The van der Waals surface area contributed by atoms with Crippen molar-refractivity contribution in [2.24, 2.45) is 0 Å². The first-order chi connectivity index (χ1) is 15.6. The molecule has 160 valence electrons. The second-order valence-electron chi connectivity index (χ2n) is 7.23. The molecule has 1 atom stereocenters. The van der Waals surface area contributed by atoms with E-state index < -0.39 is 0 Å². The lowest BCUT2D eigenvalue weighted by Crippen LogP contribution is -2.31. The van der Waals surface area contributed by atoms with Crippen LogP contribution >= 0.6 is 0 Å². The maximum Gasteiger partial charge on any atom is 0.258 e. The van der Waals surface area contributed by atoms with Crippen LogP contribution in [-0.2, 0) is 4.79 Å². The van der Waals surface area contributed by atoms with E-state index in [0.29, 0.717) is 16.9 Å². The molecule has 0 aliphatic heterocycles. The van der Waals surface area contributed by atoms with Crippen LogP contribution in [0.15, 0.2) is 91.5 Å². The van der Waals surface area contributed by atoms with Crippen molar-refractivity contribution < 1.29 is 14.3 Å².